The second-order valence-electron chi connectivity index (χ2n) is 5.93. The van der Waals surface area contributed by atoms with Gasteiger partial charge in [-0.25, -0.2) is 4.79 Å². The van der Waals surface area contributed by atoms with Crippen molar-refractivity contribution in [2.24, 2.45) is 0 Å². The lowest BCUT2D eigenvalue weighted by Crippen LogP contribution is -2.28. The number of halogens is 1. The van der Waals surface area contributed by atoms with Gasteiger partial charge in [0.15, 0.2) is 6.10 Å². The first kappa shape index (κ1) is 18.0. The third-order valence-corrected chi connectivity index (χ3v) is 4.57. The lowest BCUT2D eigenvalue weighted by atomic mass is 10.2. The van der Waals surface area contributed by atoms with Crippen LogP contribution in [0, 0.1) is 6.92 Å². The zero-order valence-corrected chi connectivity index (χ0v) is 15.4. The molecule has 1 heterocycles. The van der Waals surface area contributed by atoms with Crippen molar-refractivity contribution >= 4 is 34.4 Å². The predicted molar refractivity (Wildman–Crippen MR) is 100 cm³/mol. The van der Waals surface area contributed by atoms with Crippen molar-refractivity contribution in [3.05, 3.63) is 64.8 Å². The highest BCUT2D eigenvalue weighted by atomic mass is 35.5. The Morgan fingerprint density at radius 3 is 2.58 bits per heavy atom. The van der Waals surface area contributed by atoms with Crippen LogP contribution in [0.2, 0.25) is 5.02 Å². The van der Waals surface area contributed by atoms with Gasteiger partial charge in [0.1, 0.15) is 5.75 Å². The molecule has 1 aromatic heterocycles. The molecule has 0 N–H and O–H groups in total. The molecule has 3 aromatic rings. The number of benzene rings is 2. The van der Waals surface area contributed by atoms with E-state index >= 15 is 0 Å². The third kappa shape index (κ3) is 3.30. The molecule has 0 aliphatic rings. The van der Waals surface area contributed by atoms with Gasteiger partial charge < -0.3 is 9.47 Å². The summed E-state index contributed by atoms with van der Waals surface area (Å²) in [4.78, 5) is 24.9. The second kappa shape index (κ2) is 7.22. The maximum Gasteiger partial charge on any atom is 0.340 e. The Balaban J connectivity index is 1.94. The van der Waals surface area contributed by atoms with Crippen LogP contribution in [0.25, 0.3) is 10.9 Å². The summed E-state index contributed by atoms with van der Waals surface area (Å²) in [5.41, 5.74) is 1.83. The van der Waals surface area contributed by atoms with E-state index in [1.54, 1.807) is 49.4 Å². The van der Waals surface area contributed by atoms with Crippen LogP contribution in [-0.2, 0) is 4.74 Å². The molecule has 0 saturated heterocycles. The monoisotopic (exact) mass is 371 g/mol. The lowest BCUT2D eigenvalue weighted by molar-refractivity contribution is 0.0602. The average molecular weight is 372 g/mol. The van der Waals surface area contributed by atoms with Gasteiger partial charge in [-0.05, 0) is 43.7 Å². The van der Waals surface area contributed by atoms with Crippen LogP contribution in [0.4, 0.5) is 0 Å². The van der Waals surface area contributed by atoms with Crippen molar-refractivity contribution in [1.82, 2.24) is 4.57 Å². The van der Waals surface area contributed by atoms with Crippen molar-refractivity contribution in [3.63, 3.8) is 0 Å². The summed E-state index contributed by atoms with van der Waals surface area (Å²) in [7, 11) is 1.31. The van der Waals surface area contributed by atoms with E-state index in [0.717, 1.165) is 5.56 Å². The molecule has 3 rings (SSSR count). The van der Waals surface area contributed by atoms with E-state index in [9.17, 15) is 9.59 Å². The number of carbonyl (C=O) groups excluding carboxylic acids is 2. The summed E-state index contributed by atoms with van der Waals surface area (Å²) in [6, 6.07) is 12.4. The fraction of sp³-hybridized carbons (Fsp3) is 0.200. The van der Waals surface area contributed by atoms with Gasteiger partial charge in [-0.1, -0.05) is 29.8 Å². The SMILES string of the molecule is COC(=O)c1cn(C(=O)[C@@H](C)Oc2ccc(Cl)c(C)c2)c2ccccc12. The number of ether oxygens (including phenoxy) is 2. The number of rotatable bonds is 4. The van der Waals surface area contributed by atoms with Gasteiger partial charge in [-0.2, -0.15) is 0 Å². The molecule has 0 spiro atoms. The quantitative estimate of drug-likeness (QED) is 0.634. The molecule has 0 aliphatic heterocycles. The topological polar surface area (TPSA) is 57.5 Å². The molecular formula is C20H18ClNO4. The molecule has 0 unspecified atom stereocenters. The second-order valence-corrected chi connectivity index (χ2v) is 6.34. The molecule has 26 heavy (non-hydrogen) atoms. The number of methoxy groups -OCH3 is 1. The maximum absolute atomic E-state index is 12.9. The standard InChI is InChI=1S/C20H18ClNO4/c1-12-10-14(8-9-17(12)21)26-13(2)19(23)22-11-16(20(24)25-3)15-6-4-5-7-18(15)22/h4-11,13H,1-3H3/t13-/m1/s1. The summed E-state index contributed by atoms with van der Waals surface area (Å²) >= 11 is 6.02. The van der Waals surface area contributed by atoms with Crippen LogP contribution in [0.5, 0.6) is 5.75 Å². The van der Waals surface area contributed by atoms with Gasteiger partial charge in [-0.15, -0.1) is 0 Å². The number of aryl methyl sites for hydroxylation is 1. The van der Waals surface area contributed by atoms with E-state index in [2.05, 4.69) is 0 Å². The minimum Gasteiger partial charge on any atom is -0.481 e. The smallest absolute Gasteiger partial charge is 0.340 e. The van der Waals surface area contributed by atoms with Crippen LogP contribution in [-0.4, -0.2) is 29.7 Å². The number of aromatic nitrogens is 1. The molecule has 134 valence electrons. The Labute approximate surface area is 156 Å². The Bertz CT molecular complexity index is 993. The predicted octanol–water partition coefficient (Wildman–Crippen LogP) is 4.50. The van der Waals surface area contributed by atoms with Crippen molar-refractivity contribution in [3.8, 4) is 5.75 Å². The molecule has 0 saturated carbocycles. The van der Waals surface area contributed by atoms with Crippen LogP contribution in [0.3, 0.4) is 0 Å². The van der Waals surface area contributed by atoms with Gasteiger partial charge in [-0.3, -0.25) is 9.36 Å². The van der Waals surface area contributed by atoms with Gasteiger partial charge in [0.25, 0.3) is 5.91 Å². The van der Waals surface area contributed by atoms with E-state index < -0.39 is 12.1 Å². The molecule has 0 amide bonds. The van der Waals surface area contributed by atoms with Gasteiger partial charge >= 0.3 is 5.97 Å². The molecular weight excluding hydrogens is 354 g/mol. The van der Waals surface area contributed by atoms with E-state index in [4.69, 9.17) is 21.1 Å². The third-order valence-electron chi connectivity index (χ3n) is 4.14. The van der Waals surface area contributed by atoms with Crippen molar-refractivity contribution in [2.75, 3.05) is 7.11 Å². The average Bonchev–Trinajstić information content (AvgIpc) is 3.03. The zero-order valence-electron chi connectivity index (χ0n) is 14.7. The van der Waals surface area contributed by atoms with Gasteiger partial charge in [0, 0.05) is 16.6 Å². The molecule has 1 atom stereocenters. The normalized spacial score (nSPS) is 12.0. The largest absolute Gasteiger partial charge is 0.481 e. The summed E-state index contributed by atoms with van der Waals surface area (Å²) < 4.78 is 12.0. The first-order valence-electron chi connectivity index (χ1n) is 8.07. The summed E-state index contributed by atoms with van der Waals surface area (Å²) in [6.07, 6.45) is 0.739. The minimum absolute atomic E-state index is 0.288. The van der Waals surface area contributed by atoms with Crippen molar-refractivity contribution in [1.29, 1.82) is 0 Å². The van der Waals surface area contributed by atoms with E-state index in [-0.39, 0.29) is 5.91 Å². The van der Waals surface area contributed by atoms with Gasteiger partial charge in [0.2, 0.25) is 0 Å². The van der Waals surface area contributed by atoms with Crippen LogP contribution in [0.1, 0.15) is 27.6 Å². The molecule has 0 fully saturated rings. The van der Waals surface area contributed by atoms with E-state index in [1.165, 1.54) is 17.9 Å². The zero-order chi connectivity index (χ0) is 18.8. The maximum atomic E-state index is 12.9. The van der Waals surface area contributed by atoms with E-state index in [1.807, 2.05) is 6.92 Å². The summed E-state index contributed by atoms with van der Waals surface area (Å²) in [5, 5.41) is 1.29. The molecule has 6 heteroatoms. The number of esters is 1. The fourth-order valence-corrected chi connectivity index (χ4v) is 2.89. The number of hydrogen-bond acceptors (Lipinski definition) is 4. The van der Waals surface area contributed by atoms with Crippen molar-refractivity contribution < 1.29 is 19.1 Å². The highest BCUT2D eigenvalue weighted by Gasteiger charge is 2.23. The Kier molecular flexibility index (Phi) is 5.00. The number of carbonyl (C=O) groups is 2. The first-order valence-corrected chi connectivity index (χ1v) is 8.45. The Hall–Kier alpha value is -2.79. The molecule has 0 aliphatic carbocycles. The van der Waals surface area contributed by atoms with Crippen LogP contribution >= 0.6 is 11.6 Å². The summed E-state index contributed by atoms with van der Waals surface area (Å²) in [5.74, 6) is -0.226. The summed E-state index contributed by atoms with van der Waals surface area (Å²) in [6.45, 7) is 3.53. The van der Waals surface area contributed by atoms with Crippen LogP contribution < -0.4 is 4.74 Å². The van der Waals surface area contributed by atoms with E-state index in [0.29, 0.717) is 27.2 Å². The number of fused-ring (bicyclic) bond motifs is 1. The fourth-order valence-electron chi connectivity index (χ4n) is 2.78. The Morgan fingerprint density at radius 1 is 1.15 bits per heavy atom. The highest BCUT2D eigenvalue weighted by molar-refractivity contribution is 6.31. The van der Waals surface area contributed by atoms with Gasteiger partial charge in [0.05, 0.1) is 18.2 Å². The van der Waals surface area contributed by atoms with Crippen LogP contribution in [0.15, 0.2) is 48.7 Å². The lowest BCUT2D eigenvalue weighted by Gasteiger charge is -2.15. The molecule has 2 aromatic carbocycles. The number of para-hydroxylation sites is 1. The minimum atomic E-state index is -0.753. The molecule has 0 radical (unpaired) electrons. The first-order chi connectivity index (χ1) is 12.4. The molecule has 0 bridgehead atoms. The Morgan fingerprint density at radius 2 is 1.88 bits per heavy atom. The highest BCUT2D eigenvalue weighted by Crippen LogP contribution is 2.25. The number of hydrogen-bond donors (Lipinski definition) is 0. The van der Waals surface area contributed by atoms with Crippen molar-refractivity contribution in [2.45, 2.75) is 20.0 Å². The number of nitrogens with zero attached hydrogens (tertiary/aromatic N) is 1. The molecule has 5 nitrogen and oxygen atoms in total.